The molecule has 0 aliphatic rings. The Hall–Kier alpha value is -3.14. The van der Waals surface area contributed by atoms with Gasteiger partial charge in [0.2, 0.25) is 11.8 Å². The zero-order valence-electron chi connectivity index (χ0n) is 22.0. The first kappa shape index (κ1) is 30.4. The second-order valence-corrected chi connectivity index (χ2v) is 12.7. The van der Waals surface area contributed by atoms with E-state index >= 15 is 0 Å². The number of amides is 2. The molecule has 208 valence electrons. The van der Waals surface area contributed by atoms with Crippen LogP contribution in [-0.4, -0.2) is 43.3 Å². The molecule has 0 aliphatic heterocycles. The molecule has 3 rings (SSSR count). The van der Waals surface area contributed by atoms with Crippen LogP contribution in [0.25, 0.3) is 0 Å². The van der Waals surface area contributed by atoms with Gasteiger partial charge in [-0.15, -0.1) is 0 Å². The first-order valence-electron chi connectivity index (χ1n) is 12.1. The first-order valence-corrected chi connectivity index (χ1v) is 14.3. The molecular formula is C28H30Cl2FN3O4S. The Morgan fingerprint density at radius 1 is 0.974 bits per heavy atom. The highest BCUT2D eigenvalue weighted by Gasteiger charge is 2.34. The summed E-state index contributed by atoms with van der Waals surface area (Å²) >= 11 is 12.4. The molecule has 0 spiro atoms. The lowest BCUT2D eigenvalue weighted by Gasteiger charge is -2.33. The Labute approximate surface area is 238 Å². The van der Waals surface area contributed by atoms with Crippen molar-refractivity contribution >= 4 is 50.7 Å². The van der Waals surface area contributed by atoms with E-state index in [1.165, 1.54) is 60.4 Å². The predicted octanol–water partition coefficient (Wildman–Crippen LogP) is 5.66. The number of carbonyl (C=O) groups is 2. The van der Waals surface area contributed by atoms with E-state index in [1.807, 2.05) is 0 Å². The number of hydrogen-bond acceptors (Lipinski definition) is 4. The molecule has 3 aromatic carbocycles. The zero-order chi connectivity index (χ0) is 29.0. The lowest BCUT2D eigenvalue weighted by molar-refractivity contribution is -0.140. The van der Waals surface area contributed by atoms with Gasteiger partial charge in [-0.3, -0.25) is 13.9 Å². The summed E-state index contributed by atoms with van der Waals surface area (Å²) in [5, 5.41) is 3.49. The van der Waals surface area contributed by atoms with Gasteiger partial charge in [0.05, 0.1) is 10.6 Å². The van der Waals surface area contributed by atoms with Gasteiger partial charge in [0.15, 0.2) is 0 Å². The minimum absolute atomic E-state index is 0.119. The van der Waals surface area contributed by atoms with Gasteiger partial charge in [-0.25, -0.2) is 12.8 Å². The number of nitrogens with zero attached hydrogens (tertiary/aromatic N) is 2. The van der Waals surface area contributed by atoms with Crippen molar-refractivity contribution in [3.8, 4) is 0 Å². The van der Waals surface area contributed by atoms with Gasteiger partial charge >= 0.3 is 0 Å². The molecular weight excluding hydrogens is 564 g/mol. The average molecular weight is 595 g/mol. The Morgan fingerprint density at radius 3 is 2.18 bits per heavy atom. The van der Waals surface area contributed by atoms with Crippen molar-refractivity contribution in [1.82, 2.24) is 10.2 Å². The van der Waals surface area contributed by atoms with Crippen LogP contribution >= 0.6 is 23.2 Å². The zero-order valence-corrected chi connectivity index (χ0v) is 24.3. The van der Waals surface area contributed by atoms with Gasteiger partial charge in [-0.05, 0) is 69.7 Å². The van der Waals surface area contributed by atoms with E-state index in [0.717, 1.165) is 6.07 Å². The number of anilines is 1. The molecule has 11 heteroatoms. The molecule has 0 saturated heterocycles. The van der Waals surface area contributed by atoms with Crippen molar-refractivity contribution in [1.29, 1.82) is 0 Å². The van der Waals surface area contributed by atoms with E-state index in [1.54, 1.807) is 39.0 Å². The molecule has 0 radical (unpaired) electrons. The highest BCUT2D eigenvalue weighted by atomic mass is 35.5. The van der Waals surface area contributed by atoms with Gasteiger partial charge in [0.1, 0.15) is 18.4 Å². The summed E-state index contributed by atoms with van der Waals surface area (Å²) < 4.78 is 43.0. The van der Waals surface area contributed by atoms with E-state index in [-0.39, 0.29) is 22.2 Å². The fourth-order valence-corrected chi connectivity index (χ4v) is 5.69. The average Bonchev–Trinajstić information content (AvgIpc) is 2.86. The highest BCUT2D eigenvalue weighted by molar-refractivity contribution is 7.92. The lowest BCUT2D eigenvalue weighted by atomic mass is 10.1. The van der Waals surface area contributed by atoms with Crippen molar-refractivity contribution in [2.24, 2.45) is 0 Å². The maximum absolute atomic E-state index is 14.9. The molecule has 1 N–H and O–H groups in total. The van der Waals surface area contributed by atoms with Crippen LogP contribution in [0.1, 0.15) is 33.3 Å². The number of para-hydroxylation sites is 1. The van der Waals surface area contributed by atoms with Crippen LogP contribution in [-0.2, 0) is 26.2 Å². The summed E-state index contributed by atoms with van der Waals surface area (Å²) in [4.78, 5) is 28.1. The van der Waals surface area contributed by atoms with Crippen molar-refractivity contribution in [3.05, 3.63) is 94.2 Å². The molecule has 0 aliphatic carbocycles. The molecule has 0 heterocycles. The molecule has 2 amide bonds. The van der Waals surface area contributed by atoms with Crippen LogP contribution < -0.4 is 9.62 Å². The molecule has 7 nitrogen and oxygen atoms in total. The quantitative estimate of drug-likeness (QED) is 0.347. The smallest absolute Gasteiger partial charge is 0.264 e. The van der Waals surface area contributed by atoms with Crippen molar-refractivity contribution in [2.45, 2.75) is 50.7 Å². The number of nitrogens with one attached hydrogen (secondary N) is 1. The number of sulfonamides is 1. The van der Waals surface area contributed by atoms with Crippen molar-refractivity contribution in [2.75, 3.05) is 10.8 Å². The van der Waals surface area contributed by atoms with Crippen LogP contribution in [0.4, 0.5) is 10.1 Å². The molecule has 39 heavy (non-hydrogen) atoms. The van der Waals surface area contributed by atoms with Gasteiger partial charge in [0, 0.05) is 22.1 Å². The van der Waals surface area contributed by atoms with Crippen molar-refractivity contribution < 1.29 is 22.4 Å². The van der Waals surface area contributed by atoms with E-state index in [4.69, 9.17) is 23.2 Å². The maximum Gasteiger partial charge on any atom is 0.264 e. The monoisotopic (exact) mass is 593 g/mol. The molecule has 1 unspecified atom stereocenters. The number of hydrogen-bond donors (Lipinski definition) is 1. The van der Waals surface area contributed by atoms with Gasteiger partial charge < -0.3 is 10.2 Å². The highest BCUT2D eigenvalue weighted by Crippen LogP contribution is 2.28. The summed E-state index contributed by atoms with van der Waals surface area (Å²) in [7, 11) is -4.36. The minimum Gasteiger partial charge on any atom is -0.350 e. The second kappa shape index (κ2) is 12.4. The standard InChI is InChI=1S/C28H30Cl2FN3O4S/c1-19(27(36)32-28(2,3)4)33(17-20-14-15-21(29)16-23(20)30)26(35)18-34(25-13-9-8-12-24(25)31)39(37,38)22-10-6-5-7-11-22/h5-16,19H,17-18H2,1-4H3,(H,32,36). The Morgan fingerprint density at radius 2 is 1.59 bits per heavy atom. The summed E-state index contributed by atoms with van der Waals surface area (Å²) in [6, 6.07) is 16.4. The summed E-state index contributed by atoms with van der Waals surface area (Å²) in [5.41, 5.74) is -0.396. The van der Waals surface area contributed by atoms with Gasteiger partial charge in [0.25, 0.3) is 10.0 Å². The summed E-state index contributed by atoms with van der Waals surface area (Å²) in [6.07, 6.45) is 0. The van der Waals surface area contributed by atoms with Gasteiger partial charge in [-0.1, -0.05) is 59.6 Å². The molecule has 0 fully saturated rings. The number of carbonyl (C=O) groups excluding carboxylic acids is 2. The third kappa shape index (κ3) is 7.71. The fraction of sp³-hybridized carbons (Fsp3) is 0.286. The molecule has 0 aromatic heterocycles. The van der Waals surface area contributed by atoms with Crippen LogP contribution in [0.15, 0.2) is 77.7 Å². The van der Waals surface area contributed by atoms with Crippen LogP contribution in [0, 0.1) is 5.82 Å². The van der Waals surface area contributed by atoms with Crippen LogP contribution in [0.2, 0.25) is 10.0 Å². The third-order valence-corrected chi connectivity index (χ3v) is 8.11. The summed E-state index contributed by atoms with van der Waals surface area (Å²) in [5.74, 6) is -2.01. The van der Waals surface area contributed by atoms with Crippen LogP contribution in [0.3, 0.4) is 0 Å². The van der Waals surface area contributed by atoms with Crippen LogP contribution in [0.5, 0.6) is 0 Å². The van der Waals surface area contributed by atoms with E-state index in [0.29, 0.717) is 14.9 Å². The Bertz CT molecular complexity index is 1450. The molecule has 0 saturated carbocycles. The second-order valence-electron chi connectivity index (χ2n) is 9.95. The molecule has 1 atom stereocenters. The maximum atomic E-state index is 14.9. The number of rotatable bonds is 9. The third-order valence-electron chi connectivity index (χ3n) is 5.75. The Balaban J connectivity index is 2.06. The number of halogens is 3. The SMILES string of the molecule is CC(C(=O)NC(C)(C)C)N(Cc1ccc(Cl)cc1Cl)C(=O)CN(c1ccccc1F)S(=O)(=O)c1ccccc1. The topological polar surface area (TPSA) is 86.8 Å². The normalized spacial score (nSPS) is 12.5. The first-order chi connectivity index (χ1) is 18.2. The minimum atomic E-state index is -4.36. The van der Waals surface area contributed by atoms with Crippen molar-refractivity contribution in [3.63, 3.8) is 0 Å². The molecule has 0 bridgehead atoms. The number of benzene rings is 3. The lowest BCUT2D eigenvalue weighted by Crippen LogP contribution is -2.54. The van der Waals surface area contributed by atoms with E-state index in [9.17, 15) is 22.4 Å². The Kier molecular flexibility index (Phi) is 9.64. The largest absolute Gasteiger partial charge is 0.350 e. The fourth-order valence-electron chi connectivity index (χ4n) is 3.78. The molecule has 3 aromatic rings. The predicted molar refractivity (Wildman–Crippen MR) is 152 cm³/mol. The summed E-state index contributed by atoms with van der Waals surface area (Å²) in [6.45, 7) is 6.03. The van der Waals surface area contributed by atoms with Gasteiger partial charge in [-0.2, -0.15) is 0 Å². The van der Waals surface area contributed by atoms with E-state index in [2.05, 4.69) is 5.32 Å². The van der Waals surface area contributed by atoms with E-state index < -0.39 is 45.8 Å².